The number of rotatable bonds is 11. The smallest absolute Gasteiger partial charge is 0.305 e. The molecule has 1 amide bonds. The minimum Gasteiger partial charge on any atom is -0.481 e. The number of hydrogen-bond donors (Lipinski definition) is 2. The summed E-state index contributed by atoms with van der Waals surface area (Å²) in [6.45, 7) is 1.18. The van der Waals surface area contributed by atoms with Crippen LogP contribution in [0.3, 0.4) is 0 Å². The zero-order valence-electron chi connectivity index (χ0n) is 14.9. The van der Waals surface area contributed by atoms with E-state index in [1.807, 2.05) is 17.0 Å². The topological polar surface area (TPSA) is 100 Å². The number of carbonyl (C=O) groups is 2. The monoisotopic (exact) mass is 365 g/mol. The highest BCUT2D eigenvalue weighted by atomic mass is 16.5. The van der Waals surface area contributed by atoms with E-state index >= 15 is 0 Å². The van der Waals surface area contributed by atoms with Crippen molar-refractivity contribution < 1.29 is 29.0 Å². The van der Waals surface area contributed by atoms with Gasteiger partial charge in [0.2, 0.25) is 5.91 Å². The summed E-state index contributed by atoms with van der Waals surface area (Å²) in [5.41, 5.74) is 0.928. The van der Waals surface area contributed by atoms with Crippen molar-refractivity contribution in [1.82, 2.24) is 4.90 Å². The summed E-state index contributed by atoms with van der Waals surface area (Å²) in [6, 6.07) is 1.80. The molecule has 1 aliphatic rings. The molecule has 144 valence electrons. The van der Waals surface area contributed by atoms with Crippen molar-refractivity contribution in [2.75, 3.05) is 19.8 Å². The molecule has 7 nitrogen and oxygen atoms in total. The van der Waals surface area contributed by atoms with Gasteiger partial charge in [-0.25, -0.2) is 0 Å². The van der Waals surface area contributed by atoms with Crippen molar-refractivity contribution in [3.8, 4) is 0 Å². The van der Waals surface area contributed by atoms with Crippen LogP contribution in [0.1, 0.15) is 37.7 Å². The molecule has 2 N–H and O–H groups in total. The first-order valence-electron chi connectivity index (χ1n) is 9.02. The molecule has 0 aromatic carbocycles. The van der Waals surface area contributed by atoms with E-state index in [4.69, 9.17) is 14.3 Å². The van der Waals surface area contributed by atoms with Gasteiger partial charge in [-0.15, -0.1) is 0 Å². The Hall–Kier alpha value is -2.12. The minimum atomic E-state index is -0.879. The molecule has 0 saturated carbocycles. The van der Waals surface area contributed by atoms with Crippen molar-refractivity contribution in [3.05, 3.63) is 36.3 Å². The average Bonchev–Trinajstić information content (AvgIpc) is 3.10. The van der Waals surface area contributed by atoms with E-state index in [-0.39, 0.29) is 25.0 Å². The van der Waals surface area contributed by atoms with Gasteiger partial charge in [0.25, 0.3) is 0 Å². The summed E-state index contributed by atoms with van der Waals surface area (Å²) in [5.74, 6) is -0.767. The summed E-state index contributed by atoms with van der Waals surface area (Å²) >= 11 is 0. The van der Waals surface area contributed by atoms with Gasteiger partial charge in [-0.2, -0.15) is 0 Å². The van der Waals surface area contributed by atoms with Crippen LogP contribution in [0, 0.1) is 0 Å². The number of carbonyl (C=O) groups excluding carboxylic acids is 1. The molecule has 0 bridgehead atoms. The molecule has 7 heteroatoms. The van der Waals surface area contributed by atoms with Crippen LogP contribution in [-0.4, -0.2) is 58.9 Å². The van der Waals surface area contributed by atoms with Crippen LogP contribution < -0.4 is 0 Å². The number of aliphatic hydroxyl groups is 1. The second kappa shape index (κ2) is 10.8. The fourth-order valence-electron chi connectivity index (χ4n) is 3.01. The van der Waals surface area contributed by atoms with E-state index < -0.39 is 12.1 Å². The summed E-state index contributed by atoms with van der Waals surface area (Å²) in [4.78, 5) is 24.5. The summed E-state index contributed by atoms with van der Waals surface area (Å²) < 4.78 is 10.3. The second-order valence-corrected chi connectivity index (χ2v) is 6.44. The Kier molecular flexibility index (Phi) is 8.37. The van der Waals surface area contributed by atoms with Crippen LogP contribution in [0.4, 0.5) is 0 Å². The van der Waals surface area contributed by atoms with Crippen LogP contribution in [0.25, 0.3) is 0 Å². The first kappa shape index (κ1) is 20.2. The molecule has 1 aromatic heterocycles. The Bertz CT molecular complexity index is 583. The highest BCUT2D eigenvalue weighted by Gasteiger charge is 2.25. The number of ether oxygens (including phenoxy) is 1. The quantitative estimate of drug-likeness (QED) is 0.460. The van der Waals surface area contributed by atoms with E-state index in [0.717, 1.165) is 18.4 Å². The van der Waals surface area contributed by atoms with Crippen LogP contribution in [0.5, 0.6) is 0 Å². The molecule has 1 unspecified atom stereocenters. The summed E-state index contributed by atoms with van der Waals surface area (Å²) in [7, 11) is 0. The van der Waals surface area contributed by atoms with Gasteiger partial charge in [0.1, 0.15) is 0 Å². The Labute approximate surface area is 153 Å². The molecule has 1 saturated heterocycles. The molecule has 2 heterocycles. The number of nitrogens with zero attached hydrogens (tertiary/aromatic N) is 1. The van der Waals surface area contributed by atoms with Crippen LogP contribution >= 0.6 is 0 Å². The number of carboxylic acids is 1. The Morgan fingerprint density at radius 2 is 2.31 bits per heavy atom. The van der Waals surface area contributed by atoms with E-state index in [0.29, 0.717) is 32.4 Å². The lowest BCUT2D eigenvalue weighted by Gasteiger charge is -2.34. The molecule has 26 heavy (non-hydrogen) atoms. The molecule has 1 aliphatic heterocycles. The third kappa shape index (κ3) is 7.01. The van der Waals surface area contributed by atoms with Crippen LogP contribution in [0.2, 0.25) is 0 Å². The van der Waals surface area contributed by atoms with Gasteiger partial charge in [-0.05, 0) is 30.9 Å². The highest BCUT2D eigenvalue weighted by Crippen LogP contribution is 2.20. The first-order chi connectivity index (χ1) is 12.6. The van der Waals surface area contributed by atoms with Crippen LogP contribution in [0.15, 0.2) is 35.2 Å². The van der Waals surface area contributed by atoms with Gasteiger partial charge in [0, 0.05) is 26.0 Å². The predicted molar refractivity (Wildman–Crippen MR) is 94.6 cm³/mol. The molecule has 1 fully saturated rings. The maximum atomic E-state index is 12.2. The molecule has 0 aliphatic carbocycles. The third-order valence-electron chi connectivity index (χ3n) is 4.34. The van der Waals surface area contributed by atoms with Gasteiger partial charge < -0.3 is 24.3 Å². The molecular weight excluding hydrogens is 338 g/mol. The largest absolute Gasteiger partial charge is 0.481 e. The number of amides is 1. The van der Waals surface area contributed by atoms with Crippen LogP contribution in [-0.2, 0) is 20.7 Å². The zero-order chi connectivity index (χ0) is 18.8. The van der Waals surface area contributed by atoms with Crippen molar-refractivity contribution in [2.45, 2.75) is 50.7 Å². The average molecular weight is 365 g/mol. The predicted octanol–water partition coefficient (Wildman–Crippen LogP) is 2.00. The SMILES string of the molecule is O=C(O)CCOCCCN1C(=O)CCC[C@@H]1/C=C/C(O)Cc1ccoc1. The van der Waals surface area contributed by atoms with Crippen molar-refractivity contribution in [1.29, 1.82) is 0 Å². The highest BCUT2D eigenvalue weighted by molar-refractivity contribution is 5.77. The third-order valence-corrected chi connectivity index (χ3v) is 4.34. The zero-order valence-corrected chi connectivity index (χ0v) is 14.9. The maximum absolute atomic E-state index is 12.2. The lowest BCUT2D eigenvalue weighted by atomic mass is 9.99. The number of aliphatic hydroxyl groups excluding tert-OH is 1. The number of furan rings is 1. The van der Waals surface area contributed by atoms with Gasteiger partial charge in [0.05, 0.1) is 37.7 Å². The molecule has 0 spiro atoms. The summed E-state index contributed by atoms with van der Waals surface area (Å²) in [6.07, 6.45) is 9.61. The lowest BCUT2D eigenvalue weighted by Crippen LogP contribution is -2.43. The van der Waals surface area contributed by atoms with E-state index in [2.05, 4.69) is 0 Å². The van der Waals surface area contributed by atoms with E-state index in [9.17, 15) is 14.7 Å². The Morgan fingerprint density at radius 1 is 1.46 bits per heavy atom. The number of hydrogen-bond acceptors (Lipinski definition) is 5. The van der Waals surface area contributed by atoms with Crippen molar-refractivity contribution >= 4 is 11.9 Å². The van der Waals surface area contributed by atoms with Gasteiger partial charge >= 0.3 is 5.97 Å². The number of likely N-dealkylation sites (tertiary alicyclic amines) is 1. The van der Waals surface area contributed by atoms with Gasteiger partial charge in [-0.1, -0.05) is 12.2 Å². The molecule has 1 aromatic rings. The normalized spacial score (nSPS) is 19.2. The van der Waals surface area contributed by atoms with Crippen molar-refractivity contribution in [3.63, 3.8) is 0 Å². The second-order valence-electron chi connectivity index (χ2n) is 6.44. The standard InChI is InChI=1S/C19H27NO6/c21-17(13-15-7-11-26-14-15)6-5-16-3-1-4-18(22)20(16)9-2-10-25-12-8-19(23)24/h5-7,11,14,16-17,21H,1-4,8-10,12-13H2,(H,23,24)/b6-5+/t16-,17?/m1/s1. The number of piperidine rings is 1. The maximum Gasteiger partial charge on any atom is 0.305 e. The summed E-state index contributed by atoms with van der Waals surface area (Å²) in [5, 5.41) is 18.7. The first-order valence-corrected chi connectivity index (χ1v) is 9.02. The minimum absolute atomic E-state index is 0.0114. The lowest BCUT2D eigenvalue weighted by molar-refractivity contribution is -0.138. The fraction of sp³-hybridized carbons (Fsp3) is 0.579. The van der Waals surface area contributed by atoms with Gasteiger partial charge in [0.15, 0.2) is 0 Å². The van der Waals surface area contributed by atoms with E-state index in [1.165, 1.54) is 0 Å². The Balaban J connectivity index is 1.77. The molecule has 0 radical (unpaired) electrons. The Morgan fingerprint density at radius 3 is 3.04 bits per heavy atom. The molecule has 2 atom stereocenters. The van der Waals surface area contributed by atoms with Crippen molar-refractivity contribution in [2.24, 2.45) is 0 Å². The molecular formula is C19H27NO6. The fourth-order valence-corrected chi connectivity index (χ4v) is 3.01. The number of aliphatic carboxylic acids is 1. The van der Waals surface area contributed by atoms with E-state index in [1.54, 1.807) is 18.6 Å². The molecule has 2 rings (SSSR count). The number of carboxylic acid groups (broad SMARTS) is 1. The van der Waals surface area contributed by atoms with Gasteiger partial charge in [-0.3, -0.25) is 9.59 Å².